The topological polar surface area (TPSA) is 63.9 Å². The van der Waals surface area contributed by atoms with Gasteiger partial charge in [-0.15, -0.1) is 11.3 Å². The number of rotatable bonds is 5. The highest BCUT2D eigenvalue weighted by atomic mass is 32.1. The lowest BCUT2D eigenvalue weighted by Crippen LogP contribution is -3.17. The average molecular weight is 431 g/mol. The van der Waals surface area contributed by atoms with Crippen LogP contribution in [0.3, 0.4) is 0 Å². The van der Waals surface area contributed by atoms with Gasteiger partial charge in [-0.1, -0.05) is 12.1 Å². The summed E-state index contributed by atoms with van der Waals surface area (Å²) in [6.45, 7) is 7.63. The molecule has 1 aromatic carbocycles. The third kappa shape index (κ3) is 4.52. The van der Waals surface area contributed by atoms with E-state index in [0.717, 1.165) is 31.4 Å². The summed E-state index contributed by atoms with van der Waals surface area (Å²) in [4.78, 5) is 33.3. The smallest absolute Gasteiger partial charge is 0.309 e. The van der Waals surface area contributed by atoms with Crippen molar-refractivity contribution in [2.45, 2.75) is 51.5 Å². The number of nitrogens with zero attached hydrogens (tertiary/aromatic N) is 2. The van der Waals surface area contributed by atoms with Crippen LogP contribution in [0.2, 0.25) is 0 Å². The van der Waals surface area contributed by atoms with Gasteiger partial charge in [0.1, 0.15) is 5.01 Å². The summed E-state index contributed by atoms with van der Waals surface area (Å²) in [5.41, 5.74) is 1.08. The molecular formula is C23H32N3O3S+. The number of amides is 1. The number of esters is 1. The normalized spacial score (nSPS) is 24.0. The highest BCUT2D eigenvalue weighted by Gasteiger charge is 2.37. The molecule has 3 atom stereocenters. The first-order valence-electron chi connectivity index (χ1n) is 11.2. The number of carbonyl (C=O) groups is 2. The van der Waals surface area contributed by atoms with Crippen molar-refractivity contribution in [1.82, 2.24) is 9.88 Å². The van der Waals surface area contributed by atoms with Gasteiger partial charge < -0.3 is 14.5 Å². The highest BCUT2D eigenvalue weighted by Crippen LogP contribution is 2.30. The molecule has 2 aliphatic rings. The minimum Gasteiger partial charge on any atom is -0.466 e. The molecule has 1 N–H and O–H groups in total. The maximum atomic E-state index is 13.2. The summed E-state index contributed by atoms with van der Waals surface area (Å²) in [5, 5.41) is 1.21. The molecule has 6 nitrogen and oxygen atoms in total. The van der Waals surface area contributed by atoms with Crippen LogP contribution >= 0.6 is 11.3 Å². The third-order valence-corrected chi connectivity index (χ3v) is 7.83. The second kappa shape index (κ2) is 9.43. The Labute approximate surface area is 182 Å². The molecule has 1 amide bonds. The zero-order valence-electron chi connectivity index (χ0n) is 17.9. The number of aromatic nitrogens is 1. The van der Waals surface area contributed by atoms with Crippen molar-refractivity contribution in [1.29, 1.82) is 0 Å². The summed E-state index contributed by atoms with van der Waals surface area (Å²) in [6.07, 6.45) is 3.69. The zero-order valence-corrected chi connectivity index (χ0v) is 18.7. The molecule has 0 spiro atoms. The van der Waals surface area contributed by atoms with Crippen LogP contribution in [0.1, 0.15) is 50.5 Å². The minimum atomic E-state index is -0.113. The van der Waals surface area contributed by atoms with Gasteiger partial charge in [0, 0.05) is 13.1 Å². The summed E-state index contributed by atoms with van der Waals surface area (Å²) in [7, 11) is 0. The number of piperidine rings is 2. The number of fused-ring (bicyclic) bond motifs is 1. The van der Waals surface area contributed by atoms with E-state index < -0.39 is 0 Å². The van der Waals surface area contributed by atoms with Crippen molar-refractivity contribution in [3.63, 3.8) is 0 Å². The fraction of sp³-hybridized carbons (Fsp3) is 0.609. The van der Waals surface area contributed by atoms with Gasteiger partial charge in [-0.05, 0) is 51.7 Å². The van der Waals surface area contributed by atoms with E-state index in [1.54, 1.807) is 11.3 Å². The van der Waals surface area contributed by atoms with Crippen LogP contribution in [0.4, 0.5) is 0 Å². The number of likely N-dealkylation sites (tertiary alicyclic amines) is 2. The molecule has 0 bridgehead atoms. The van der Waals surface area contributed by atoms with Crippen molar-refractivity contribution in [3.05, 3.63) is 29.3 Å². The fourth-order valence-corrected chi connectivity index (χ4v) is 5.91. The molecule has 0 aliphatic carbocycles. The summed E-state index contributed by atoms with van der Waals surface area (Å²) < 4.78 is 6.39. The predicted molar refractivity (Wildman–Crippen MR) is 118 cm³/mol. The molecule has 2 fully saturated rings. The second-order valence-electron chi connectivity index (χ2n) is 8.54. The molecule has 2 aliphatic heterocycles. The Balaban J connectivity index is 1.35. The lowest BCUT2D eigenvalue weighted by molar-refractivity contribution is -0.920. The molecule has 3 heterocycles. The molecule has 30 heavy (non-hydrogen) atoms. The maximum Gasteiger partial charge on any atom is 0.309 e. The number of para-hydroxylation sites is 1. The Morgan fingerprint density at radius 3 is 2.77 bits per heavy atom. The third-order valence-electron chi connectivity index (χ3n) is 6.63. The standard InChI is InChI=1S/C23H31N3O3S/c1-3-29-23(28)17-10-13-25(14-11-17)22(27)16(2)26-12-6-7-18(15-26)21-24-19-8-4-5-9-20(19)30-21/h4-5,8-9,16-18H,3,6-7,10-15H2,1-2H3/p+1/t16-,18+/m1/s1. The molecule has 162 valence electrons. The van der Waals surface area contributed by atoms with E-state index in [4.69, 9.17) is 9.72 Å². The molecular weight excluding hydrogens is 398 g/mol. The monoisotopic (exact) mass is 430 g/mol. The fourth-order valence-electron chi connectivity index (χ4n) is 4.81. The number of hydrogen-bond acceptors (Lipinski definition) is 5. The van der Waals surface area contributed by atoms with Crippen molar-refractivity contribution < 1.29 is 19.2 Å². The van der Waals surface area contributed by atoms with Gasteiger partial charge in [-0.25, -0.2) is 4.98 Å². The van der Waals surface area contributed by atoms with Gasteiger partial charge in [0.25, 0.3) is 5.91 Å². The number of thiazole rings is 1. The molecule has 4 rings (SSSR count). The molecule has 0 radical (unpaired) electrons. The van der Waals surface area contributed by atoms with Crippen LogP contribution in [0, 0.1) is 5.92 Å². The summed E-state index contributed by atoms with van der Waals surface area (Å²) >= 11 is 1.80. The number of nitrogens with one attached hydrogen (secondary N) is 1. The Bertz CT molecular complexity index is 858. The van der Waals surface area contributed by atoms with Gasteiger partial charge in [-0.3, -0.25) is 9.59 Å². The van der Waals surface area contributed by atoms with Crippen LogP contribution in [0.5, 0.6) is 0 Å². The van der Waals surface area contributed by atoms with Gasteiger partial charge >= 0.3 is 5.97 Å². The summed E-state index contributed by atoms with van der Waals surface area (Å²) in [6, 6.07) is 8.26. The van der Waals surface area contributed by atoms with E-state index >= 15 is 0 Å². The molecule has 1 unspecified atom stereocenters. The largest absolute Gasteiger partial charge is 0.466 e. The van der Waals surface area contributed by atoms with E-state index in [0.29, 0.717) is 38.5 Å². The lowest BCUT2D eigenvalue weighted by atomic mass is 9.95. The minimum absolute atomic E-state index is 0.0543. The first-order chi connectivity index (χ1) is 14.6. The zero-order chi connectivity index (χ0) is 21.1. The maximum absolute atomic E-state index is 13.2. The highest BCUT2D eigenvalue weighted by molar-refractivity contribution is 7.18. The van der Waals surface area contributed by atoms with Crippen LogP contribution in [-0.4, -0.2) is 60.6 Å². The molecule has 2 aromatic rings. The molecule has 7 heteroatoms. The lowest BCUT2D eigenvalue weighted by Gasteiger charge is -2.37. The Morgan fingerprint density at radius 1 is 1.27 bits per heavy atom. The number of ether oxygens (including phenoxy) is 1. The van der Waals surface area contributed by atoms with Crippen LogP contribution in [-0.2, 0) is 14.3 Å². The van der Waals surface area contributed by atoms with E-state index in [2.05, 4.69) is 25.1 Å². The number of carbonyl (C=O) groups excluding carboxylic acids is 2. The van der Waals surface area contributed by atoms with Crippen molar-refractivity contribution in [2.75, 3.05) is 32.8 Å². The second-order valence-corrected chi connectivity index (χ2v) is 9.61. The van der Waals surface area contributed by atoms with Gasteiger partial charge in [0.2, 0.25) is 0 Å². The van der Waals surface area contributed by atoms with Gasteiger partial charge in [0.15, 0.2) is 6.04 Å². The molecule has 2 saturated heterocycles. The Hall–Kier alpha value is -1.99. The van der Waals surface area contributed by atoms with Crippen molar-refractivity contribution in [2.24, 2.45) is 5.92 Å². The van der Waals surface area contributed by atoms with E-state index in [-0.39, 0.29) is 23.8 Å². The quantitative estimate of drug-likeness (QED) is 0.739. The van der Waals surface area contributed by atoms with Gasteiger partial charge in [0.05, 0.1) is 41.7 Å². The number of quaternary nitrogens is 1. The molecule has 1 aromatic heterocycles. The van der Waals surface area contributed by atoms with Crippen molar-refractivity contribution in [3.8, 4) is 0 Å². The van der Waals surface area contributed by atoms with Crippen LogP contribution < -0.4 is 4.90 Å². The predicted octanol–water partition coefficient (Wildman–Crippen LogP) is 2.25. The Morgan fingerprint density at radius 2 is 2.03 bits per heavy atom. The number of hydrogen-bond donors (Lipinski definition) is 1. The van der Waals surface area contributed by atoms with Crippen LogP contribution in [0.15, 0.2) is 24.3 Å². The summed E-state index contributed by atoms with van der Waals surface area (Å²) in [5.74, 6) is 0.473. The van der Waals surface area contributed by atoms with Crippen LogP contribution in [0.25, 0.3) is 10.2 Å². The SMILES string of the molecule is CCOC(=O)C1CCN(C(=O)[C@@H](C)[NH+]2CCC[C@H](c3nc4ccccc4s3)C2)CC1. The van der Waals surface area contributed by atoms with E-state index in [9.17, 15) is 9.59 Å². The molecule has 0 saturated carbocycles. The number of benzene rings is 1. The van der Waals surface area contributed by atoms with E-state index in [1.165, 1.54) is 14.6 Å². The first kappa shape index (κ1) is 21.2. The van der Waals surface area contributed by atoms with E-state index in [1.807, 2.05) is 17.9 Å². The average Bonchev–Trinajstić information content (AvgIpc) is 3.23. The van der Waals surface area contributed by atoms with Crippen molar-refractivity contribution >= 4 is 33.4 Å². The Kier molecular flexibility index (Phi) is 6.68. The van der Waals surface area contributed by atoms with Gasteiger partial charge in [-0.2, -0.15) is 0 Å². The first-order valence-corrected chi connectivity index (χ1v) is 12.0.